The van der Waals surface area contributed by atoms with Crippen LogP contribution in [0.15, 0.2) is 30.3 Å². The molecule has 208 valence electrons. The molecule has 2 aliphatic rings. The molecule has 3 amide bonds. The summed E-state index contributed by atoms with van der Waals surface area (Å²) in [5, 5.41) is 30.2. The number of thioether (sulfide) groups is 1. The van der Waals surface area contributed by atoms with Crippen LogP contribution in [-0.2, 0) is 20.9 Å². The molecule has 4 rings (SSSR count). The molecule has 0 saturated carbocycles. The molecule has 5 N–H and O–H groups in total. The normalized spacial score (nSPS) is 20.2. The summed E-state index contributed by atoms with van der Waals surface area (Å²) in [6, 6.07) is 9.34. The van der Waals surface area contributed by atoms with Gasteiger partial charge in [-0.2, -0.15) is 11.8 Å². The first-order chi connectivity index (χ1) is 18.5. The third kappa shape index (κ3) is 7.89. The van der Waals surface area contributed by atoms with Gasteiger partial charge in [0, 0.05) is 34.9 Å². The van der Waals surface area contributed by atoms with Gasteiger partial charge in [0.25, 0.3) is 0 Å². The Balaban J connectivity index is 0.976. The summed E-state index contributed by atoms with van der Waals surface area (Å²) >= 11 is 1.90. The number of carbonyl (C=O) groups is 2. The van der Waals surface area contributed by atoms with Crippen molar-refractivity contribution in [3.8, 4) is 11.5 Å². The lowest BCUT2D eigenvalue weighted by Crippen LogP contribution is -2.36. The molecule has 0 aromatic heterocycles. The molecule has 2 aliphatic heterocycles. The highest BCUT2D eigenvalue weighted by Crippen LogP contribution is 2.33. The molecule has 38 heavy (non-hydrogen) atoms. The molecule has 3 atom stereocenters. The number of amides is 3. The molecule has 0 bridgehead atoms. The first kappa shape index (κ1) is 28.3. The summed E-state index contributed by atoms with van der Waals surface area (Å²) < 4.78 is 16.9. The predicted octanol–water partition coefficient (Wildman–Crippen LogP) is 2.29. The van der Waals surface area contributed by atoms with E-state index in [1.165, 1.54) is 0 Å². The van der Waals surface area contributed by atoms with Crippen LogP contribution in [0.1, 0.15) is 31.2 Å². The zero-order valence-electron chi connectivity index (χ0n) is 21.4. The zero-order valence-corrected chi connectivity index (χ0v) is 22.3. The second kappa shape index (κ2) is 14.4. The fourth-order valence-corrected chi connectivity index (χ4v) is 6.29. The fourth-order valence-electron chi connectivity index (χ4n) is 4.74. The van der Waals surface area contributed by atoms with Crippen molar-refractivity contribution in [3.05, 3.63) is 35.9 Å². The second-order valence-corrected chi connectivity index (χ2v) is 10.7. The Labute approximate surface area is 226 Å². The predicted molar refractivity (Wildman–Crippen MR) is 146 cm³/mol. The number of aliphatic hydroxyl groups is 1. The molecule has 2 saturated heterocycles. The van der Waals surface area contributed by atoms with E-state index in [0.717, 1.165) is 35.8 Å². The smallest absolute Gasteiger partial charge is 0.315 e. The van der Waals surface area contributed by atoms with Crippen LogP contribution in [0.25, 0.3) is 10.8 Å². The molecular weight excluding hydrogens is 510 g/mol. The minimum absolute atomic E-state index is 0.0316. The van der Waals surface area contributed by atoms with E-state index in [9.17, 15) is 19.8 Å². The SMILES string of the molecule is O=C(CCCC[C@@H]1SC[C@@H]2NC(=O)N[C@@H]21)NCCOCCOCCOc1cccc2cc(CO)c(O)cc12. The van der Waals surface area contributed by atoms with Crippen LogP contribution >= 0.6 is 11.8 Å². The number of hydrogen-bond donors (Lipinski definition) is 5. The van der Waals surface area contributed by atoms with Crippen LogP contribution in [0, 0.1) is 0 Å². The van der Waals surface area contributed by atoms with E-state index in [2.05, 4.69) is 16.0 Å². The number of nitrogens with one attached hydrogen (secondary N) is 3. The molecular formula is C27H37N3O7S. The number of aromatic hydroxyl groups is 1. The molecule has 2 aromatic rings. The molecule has 11 heteroatoms. The Bertz CT molecular complexity index is 1090. The highest BCUT2D eigenvalue weighted by Gasteiger charge is 2.42. The quantitative estimate of drug-likeness (QED) is 0.159. The van der Waals surface area contributed by atoms with Gasteiger partial charge in [0.15, 0.2) is 0 Å². The van der Waals surface area contributed by atoms with E-state index in [1.807, 2.05) is 30.0 Å². The van der Waals surface area contributed by atoms with Crippen LogP contribution < -0.4 is 20.7 Å². The lowest BCUT2D eigenvalue weighted by molar-refractivity contribution is -0.121. The summed E-state index contributed by atoms with van der Waals surface area (Å²) in [6.45, 7) is 2.25. The van der Waals surface area contributed by atoms with Gasteiger partial charge < -0.3 is 40.4 Å². The highest BCUT2D eigenvalue weighted by molar-refractivity contribution is 8.00. The number of aliphatic hydroxyl groups excluding tert-OH is 1. The third-order valence-corrected chi connectivity index (χ3v) is 8.23. The molecule has 10 nitrogen and oxygen atoms in total. The summed E-state index contributed by atoms with van der Waals surface area (Å²) in [7, 11) is 0. The summed E-state index contributed by atoms with van der Waals surface area (Å²) in [4.78, 5) is 23.5. The van der Waals surface area contributed by atoms with Crippen LogP contribution in [-0.4, -0.2) is 84.8 Å². The molecule has 0 radical (unpaired) electrons. The Hall–Kier alpha value is -2.73. The van der Waals surface area contributed by atoms with Crippen LogP contribution in [0.5, 0.6) is 11.5 Å². The van der Waals surface area contributed by atoms with E-state index in [0.29, 0.717) is 62.6 Å². The Kier molecular flexibility index (Phi) is 10.7. The highest BCUT2D eigenvalue weighted by atomic mass is 32.2. The lowest BCUT2D eigenvalue weighted by atomic mass is 10.0. The maximum absolute atomic E-state index is 12.0. The minimum Gasteiger partial charge on any atom is -0.508 e. The topological polar surface area (TPSA) is 138 Å². The molecule has 0 unspecified atom stereocenters. The second-order valence-electron chi connectivity index (χ2n) is 9.41. The number of fused-ring (bicyclic) bond motifs is 2. The minimum atomic E-state index is -0.225. The number of phenols is 1. The van der Waals surface area contributed by atoms with Crippen molar-refractivity contribution in [1.29, 1.82) is 0 Å². The van der Waals surface area contributed by atoms with Crippen molar-refractivity contribution in [2.75, 3.05) is 45.3 Å². The van der Waals surface area contributed by atoms with Gasteiger partial charge in [0.2, 0.25) is 5.91 Å². The molecule has 2 aromatic carbocycles. The van der Waals surface area contributed by atoms with Crippen LogP contribution in [0.2, 0.25) is 0 Å². The van der Waals surface area contributed by atoms with Crippen LogP contribution in [0.3, 0.4) is 0 Å². The van der Waals surface area contributed by atoms with Gasteiger partial charge in [-0.05, 0) is 36.4 Å². The number of urea groups is 1. The standard InChI is InChI=1S/C27H37N3O7S/c31-16-19-14-18-4-3-5-23(20(18)15-22(19)32)37-13-12-36-11-10-35-9-8-28-25(33)7-2-1-6-24-26-21(17-38-24)29-27(34)30-26/h3-5,14-15,21,24,26,31-32H,1-2,6-13,16-17H2,(H,28,33)(H2,29,30,34)/t21-,24-,26-/m0/s1. The van der Waals surface area contributed by atoms with Crippen molar-refractivity contribution >= 4 is 34.5 Å². The first-order valence-corrected chi connectivity index (χ1v) is 14.2. The average molecular weight is 548 g/mol. The number of hydrogen-bond acceptors (Lipinski definition) is 8. The van der Waals surface area contributed by atoms with Crippen molar-refractivity contribution in [2.45, 2.75) is 49.6 Å². The summed E-state index contributed by atoms with van der Waals surface area (Å²) in [6.07, 6.45) is 3.31. The molecule has 2 fully saturated rings. The van der Waals surface area contributed by atoms with Gasteiger partial charge >= 0.3 is 6.03 Å². The number of ether oxygens (including phenoxy) is 3. The van der Waals surface area contributed by atoms with Gasteiger partial charge in [0.1, 0.15) is 18.1 Å². The van der Waals surface area contributed by atoms with Crippen molar-refractivity contribution in [1.82, 2.24) is 16.0 Å². The maximum Gasteiger partial charge on any atom is 0.315 e. The van der Waals surface area contributed by atoms with E-state index in [4.69, 9.17) is 14.2 Å². The number of unbranched alkanes of at least 4 members (excludes halogenated alkanes) is 1. The van der Waals surface area contributed by atoms with Crippen molar-refractivity contribution in [3.63, 3.8) is 0 Å². The number of rotatable bonds is 16. The first-order valence-electron chi connectivity index (χ1n) is 13.1. The molecule has 0 spiro atoms. The Morgan fingerprint density at radius 2 is 1.89 bits per heavy atom. The van der Waals surface area contributed by atoms with Crippen LogP contribution in [0.4, 0.5) is 4.79 Å². The monoisotopic (exact) mass is 547 g/mol. The largest absolute Gasteiger partial charge is 0.508 e. The maximum atomic E-state index is 12.0. The van der Waals surface area contributed by atoms with Gasteiger partial charge in [-0.15, -0.1) is 0 Å². The van der Waals surface area contributed by atoms with E-state index >= 15 is 0 Å². The zero-order chi connectivity index (χ0) is 26.7. The van der Waals surface area contributed by atoms with Gasteiger partial charge in [-0.25, -0.2) is 4.79 Å². The van der Waals surface area contributed by atoms with Crippen molar-refractivity contribution in [2.24, 2.45) is 0 Å². The van der Waals surface area contributed by atoms with E-state index in [1.54, 1.807) is 12.1 Å². The van der Waals surface area contributed by atoms with E-state index < -0.39 is 0 Å². The summed E-state index contributed by atoms with van der Waals surface area (Å²) in [5.74, 6) is 1.67. The van der Waals surface area contributed by atoms with Gasteiger partial charge in [0.05, 0.1) is 45.1 Å². The van der Waals surface area contributed by atoms with Gasteiger partial charge in [-0.1, -0.05) is 18.6 Å². The Morgan fingerprint density at radius 3 is 2.74 bits per heavy atom. The van der Waals surface area contributed by atoms with E-state index in [-0.39, 0.29) is 36.4 Å². The van der Waals surface area contributed by atoms with Gasteiger partial charge in [-0.3, -0.25) is 4.79 Å². The molecule has 2 heterocycles. The Morgan fingerprint density at radius 1 is 1.08 bits per heavy atom. The fraction of sp³-hybridized carbons (Fsp3) is 0.556. The average Bonchev–Trinajstić information content (AvgIpc) is 3.46. The number of carbonyl (C=O) groups excluding carboxylic acids is 2. The van der Waals surface area contributed by atoms with Crippen molar-refractivity contribution < 1.29 is 34.0 Å². The molecule has 0 aliphatic carbocycles. The number of benzene rings is 2. The third-order valence-electron chi connectivity index (χ3n) is 6.72. The lowest BCUT2D eigenvalue weighted by Gasteiger charge is -2.16. The summed E-state index contributed by atoms with van der Waals surface area (Å²) in [5.41, 5.74) is 0.476.